The molecule has 5 nitrogen and oxygen atoms in total. The number of alkyl halides is 1. The van der Waals surface area contributed by atoms with Crippen LogP contribution in [-0.2, 0) is 16.0 Å². The molecule has 102 valence electrons. The Bertz CT molecular complexity index is 455. The number of rotatable bonds is 7. The molecule has 0 aliphatic carbocycles. The van der Waals surface area contributed by atoms with E-state index in [-0.39, 0.29) is 17.9 Å². The van der Waals surface area contributed by atoms with Gasteiger partial charge >= 0.3 is 5.97 Å². The van der Waals surface area contributed by atoms with Crippen LogP contribution in [0.5, 0.6) is 0 Å². The van der Waals surface area contributed by atoms with Gasteiger partial charge in [-0.3, -0.25) is 4.79 Å². The Morgan fingerprint density at radius 1 is 1.47 bits per heavy atom. The van der Waals surface area contributed by atoms with Gasteiger partial charge in [0.25, 0.3) is 0 Å². The molecule has 0 radical (unpaired) electrons. The summed E-state index contributed by atoms with van der Waals surface area (Å²) in [6.07, 6.45) is 2.00. The second-order valence-corrected chi connectivity index (χ2v) is 4.58. The fraction of sp³-hybridized carbons (Fsp3) is 0.462. The minimum Gasteiger partial charge on any atom is -0.469 e. The second kappa shape index (κ2) is 8.40. The topological polar surface area (TPSA) is 75.1 Å². The summed E-state index contributed by atoms with van der Waals surface area (Å²) < 4.78 is 4.58. The lowest BCUT2D eigenvalue weighted by Gasteiger charge is -2.07. The average Bonchev–Trinajstić information content (AvgIpc) is 2.45. The summed E-state index contributed by atoms with van der Waals surface area (Å²) >= 11 is 6.08. The van der Waals surface area contributed by atoms with Crippen LogP contribution >= 0.6 is 11.6 Å². The molecule has 1 unspecified atom stereocenters. The van der Waals surface area contributed by atoms with E-state index in [2.05, 4.69) is 14.8 Å². The predicted molar refractivity (Wildman–Crippen MR) is 74.0 cm³/mol. The van der Waals surface area contributed by atoms with Crippen molar-refractivity contribution in [3.8, 4) is 0 Å². The van der Waals surface area contributed by atoms with Crippen LogP contribution in [0.4, 0.5) is 0 Å². The Balaban J connectivity index is 2.47. The Morgan fingerprint density at radius 3 is 2.74 bits per heavy atom. The number of ether oxygens (including phenoxy) is 1. The van der Waals surface area contributed by atoms with Crippen molar-refractivity contribution in [2.75, 3.05) is 13.7 Å². The highest BCUT2D eigenvalue weighted by atomic mass is 35.5. The van der Waals surface area contributed by atoms with Crippen molar-refractivity contribution in [2.45, 2.75) is 24.6 Å². The third kappa shape index (κ3) is 5.64. The number of halogens is 1. The number of benzene rings is 1. The molecule has 0 fully saturated rings. The lowest BCUT2D eigenvalue weighted by Crippen LogP contribution is -2.00. The molecule has 19 heavy (non-hydrogen) atoms. The molecule has 1 atom stereocenters. The van der Waals surface area contributed by atoms with Gasteiger partial charge in [-0.05, 0) is 29.5 Å². The van der Waals surface area contributed by atoms with E-state index in [4.69, 9.17) is 17.1 Å². The van der Waals surface area contributed by atoms with Gasteiger partial charge in [0.15, 0.2) is 0 Å². The summed E-state index contributed by atoms with van der Waals surface area (Å²) in [7, 11) is 1.39. The molecule has 1 rings (SSSR count). The fourth-order valence-corrected chi connectivity index (χ4v) is 1.85. The van der Waals surface area contributed by atoms with Crippen molar-refractivity contribution in [3.05, 3.63) is 45.8 Å². The molecule has 0 saturated heterocycles. The van der Waals surface area contributed by atoms with Crippen molar-refractivity contribution < 1.29 is 9.53 Å². The summed E-state index contributed by atoms with van der Waals surface area (Å²) in [5, 5.41) is 3.14. The zero-order valence-corrected chi connectivity index (χ0v) is 11.5. The molecule has 0 aliphatic heterocycles. The number of carbonyl (C=O) groups excluding carboxylic acids is 1. The van der Waals surface area contributed by atoms with Crippen LogP contribution in [0, 0.1) is 0 Å². The van der Waals surface area contributed by atoms with E-state index in [1.165, 1.54) is 7.11 Å². The van der Waals surface area contributed by atoms with Gasteiger partial charge in [-0.25, -0.2) is 0 Å². The van der Waals surface area contributed by atoms with Crippen LogP contribution in [0.2, 0.25) is 0 Å². The summed E-state index contributed by atoms with van der Waals surface area (Å²) in [5.74, 6) is -0.188. The number of methoxy groups -OCH3 is 1. The highest BCUT2D eigenvalue weighted by molar-refractivity contribution is 6.21. The first-order valence-electron chi connectivity index (χ1n) is 5.98. The van der Waals surface area contributed by atoms with E-state index < -0.39 is 0 Å². The van der Waals surface area contributed by atoms with Gasteiger partial charge in [-0.1, -0.05) is 29.4 Å². The smallest absolute Gasteiger partial charge is 0.305 e. The summed E-state index contributed by atoms with van der Waals surface area (Å²) in [6.45, 7) is 0.236. The first-order chi connectivity index (χ1) is 9.17. The number of hydrogen-bond donors (Lipinski definition) is 0. The number of azide groups is 1. The van der Waals surface area contributed by atoms with E-state index in [1.807, 2.05) is 24.3 Å². The highest BCUT2D eigenvalue weighted by Gasteiger charge is 2.06. The van der Waals surface area contributed by atoms with E-state index in [0.29, 0.717) is 6.42 Å². The van der Waals surface area contributed by atoms with E-state index in [0.717, 1.165) is 24.0 Å². The maximum Gasteiger partial charge on any atom is 0.305 e. The molecule has 6 heteroatoms. The van der Waals surface area contributed by atoms with E-state index in [1.54, 1.807) is 0 Å². The third-order valence-corrected chi connectivity index (χ3v) is 3.11. The Labute approximate surface area is 117 Å². The number of esters is 1. The van der Waals surface area contributed by atoms with Crippen LogP contribution in [0.3, 0.4) is 0 Å². The molecule has 0 aliphatic rings. The van der Waals surface area contributed by atoms with Gasteiger partial charge < -0.3 is 4.74 Å². The molecule has 0 N–H and O–H groups in total. The molecule has 0 amide bonds. The maximum absolute atomic E-state index is 11.0. The van der Waals surface area contributed by atoms with Crippen molar-refractivity contribution >= 4 is 17.6 Å². The number of aryl methyl sites for hydroxylation is 1. The van der Waals surface area contributed by atoms with Gasteiger partial charge in [-0.15, -0.1) is 11.6 Å². The molecule has 0 aromatic heterocycles. The van der Waals surface area contributed by atoms with Gasteiger partial charge in [0, 0.05) is 17.9 Å². The third-order valence-electron chi connectivity index (χ3n) is 2.72. The Hall–Kier alpha value is -1.71. The maximum atomic E-state index is 11.0. The second-order valence-electron chi connectivity index (χ2n) is 4.05. The van der Waals surface area contributed by atoms with Crippen LogP contribution < -0.4 is 0 Å². The first kappa shape index (κ1) is 15.3. The first-order valence-corrected chi connectivity index (χ1v) is 6.41. The average molecular weight is 282 g/mol. The van der Waals surface area contributed by atoms with Crippen LogP contribution in [0.25, 0.3) is 10.4 Å². The molecule has 1 aromatic rings. The number of hydrogen-bond acceptors (Lipinski definition) is 3. The molecular formula is C13H16ClN3O2. The van der Waals surface area contributed by atoms with Crippen LogP contribution in [0.1, 0.15) is 29.3 Å². The van der Waals surface area contributed by atoms with Crippen molar-refractivity contribution in [3.63, 3.8) is 0 Å². The largest absolute Gasteiger partial charge is 0.469 e. The highest BCUT2D eigenvalue weighted by Crippen LogP contribution is 2.21. The molecule has 0 bridgehead atoms. The molecular weight excluding hydrogens is 266 g/mol. The summed E-state index contributed by atoms with van der Waals surface area (Å²) in [4.78, 5) is 13.6. The standard InChI is InChI=1S/C13H16ClN3O2/c1-19-13(18)4-2-3-10-5-7-11(8-6-10)12(14)9-16-17-15/h5-8,12H,2-4,9H2,1H3. The Kier molecular flexibility index (Phi) is 6.79. The van der Waals surface area contributed by atoms with Crippen molar-refractivity contribution in [1.82, 2.24) is 0 Å². The van der Waals surface area contributed by atoms with Gasteiger partial charge in [0.1, 0.15) is 0 Å². The minimum absolute atomic E-state index is 0.188. The van der Waals surface area contributed by atoms with Crippen molar-refractivity contribution in [2.24, 2.45) is 5.11 Å². The molecule has 0 heterocycles. The van der Waals surface area contributed by atoms with E-state index >= 15 is 0 Å². The van der Waals surface area contributed by atoms with Crippen molar-refractivity contribution in [1.29, 1.82) is 0 Å². The lowest BCUT2D eigenvalue weighted by molar-refractivity contribution is -0.140. The lowest BCUT2D eigenvalue weighted by atomic mass is 10.0. The van der Waals surface area contributed by atoms with Crippen LogP contribution in [0.15, 0.2) is 29.4 Å². The predicted octanol–water partition coefficient (Wildman–Crippen LogP) is 3.77. The zero-order chi connectivity index (χ0) is 14.1. The number of nitrogens with zero attached hydrogens (tertiary/aromatic N) is 3. The summed E-state index contributed by atoms with van der Waals surface area (Å²) in [6, 6.07) is 7.77. The minimum atomic E-state index is -0.306. The monoisotopic (exact) mass is 281 g/mol. The summed E-state index contributed by atoms with van der Waals surface area (Å²) in [5.41, 5.74) is 10.3. The zero-order valence-electron chi connectivity index (χ0n) is 10.8. The molecule has 0 spiro atoms. The Morgan fingerprint density at radius 2 is 2.16 bits per heavy atom. The number of carbonyl (C=O) groups is 1. The normalized spacial score (nSPS) is 11.5. The van der Waals surface area contributed by atoms with Gasteiger partial charge in [0.2, 0.25) is 0 Å². The quantitative estimate of drug-likeness (QED) is 0.251. The van der Waals surface area contributed by atoms with Crippen LogP contribution in [-0.4, -0.2) is 19.6 Å². The molecule has 1 aromatic carbocycles. The fourth-order valence-electron chi connectivity index (χ4n) is 1.65. The van der Waals surface area contributed by atoms with E-state index in [9.17, 15) is 4.79 Å². The molecule has 0 saturated carbocycles. The SMILES string of the molecule is COC(=O)CCCc1ccc(C(Cl)CN=[N+]=[N-])cc1. The van der Waals surface area contributed by atoms with Gasteiger partial charge in [0.05, 0.1) is 12.5 Å². The van der Waals surface area contributed by atoms with Gasteiger partial charge in [-0.2, -0.15) is 0 Å².